The molecule has 1 aromatic heterocycles. The fraction of sp³-hybridized carbons (Fsp3) is 0.304. The van der Waals surface area contributed by atoms with Crippen LogP contribution in [-0.2, 0) is 11.3 Å². The first kappa shape index (κ1) is 21.9. The summed E-state index contributed by atoms with van der Waals surface area (Å²) in [6.07, 6.45) is 2.30. The third-order valence-corrected chi connectivity index (χ3v) is 6.10. The second-order valence-corrected chi connectivity index (χ2v) is 8.37. The first-order chi connectivity index (χ1) is 15.6. The van der Waals surface area contributed by atoms with E-state index in [0.29, 0.717) is 28.6 Å². The summed E-state index contributed by atoms with van der Waals surface area (Å²) in [5.74, 6) is 1.88. The van der Waals surface area contributed by atoms with Gasteiger partial charge in [0.25, 0.3) is 5.91 Å². The normalized spacial score (nSPS) is 12.9. The number of para-hydroxylation sites is 1. The number of amides is 2. The molecule has 8 nitrogen and oxygen atoms in total. The molecule has 2 aromatic carbocycles. The van der Waals surface area contributed by atoms with Crippen molar-refractivity contribution in [1.29, 1.82) is 0 Å². The van der Waals surface area contributed by atoms with E-state index in [2.05, 4.69) is 32.3 Å². The van der Waals surface area contributed by atoms with Crippen molar-refractivity contribution in [3.8, 4) is 5.75 Å². The molecule has 9 heteroatoms. The van der Waals surface area contributed by atoms with Gasteiger partial charge in [0.05, 0.1) is 24.1 Å². The van der Waals surface area contributed by atoms with Crippen LogP contribution < -0.4 is 15.4 Å². The molecule has 1 aliphatic rings. The maximum atomic E-state index is 12.8. The van der Waals surface area contributed by atoms with E-state index < -0.39 is 0 Å². The molecule has 2 amide bonds. The number of benzene rings is 2. The number of nitrogens with one attached hydrogen (secondary N) is 2. The minimum Gasteiger partial charge on any atom is -0.497 e. The molecular weight excluding hydrogens is 426 g/mol. The smallest absolute Gasteiger partial charge is 0.257 e. The first-order valence-corrected chi connectivity index (χ1v) is 11.5. The zero-order valence-electron chi connectivity index (χ0n) is 18.0. The van der Waals surface area contributed by atoms with Crippen molar-refractivity contribution in [1.82, 2.24) is 14.8 Å². The number of methoxy groups -OCH3 is 1. The van der Waals surface area contributed by atoms with Gasteiger partial charge in [-0.05, 0) is 56.2 Å². The summed E-state index contributed by atoms with van der Waals surface area (Å²) < 4.78 is 7.21. The number of carbonyl (C=O) groups is 2. The fourth-order valence-electron chi connectivity index (χ4n) is 3.33. The number of nitrogens with zero attached hydrogens (tertiary/aromatic N) is 3. The quantitative estimate of drug-likeness (QED) is 0.474. The molecule has 0 unspecified atom stereocenters. The number of hydrogen-bond acceptors (Lipinski definition) is 6. The van der Waals surface area contributed by atoms with Crippen LogP contribution in [0.25, 0.3) is 0 Å². The van der Waals surface area contributed by atoms with Crippen molar-refractivity contribution in [2.24, 2.45) is 0 Å². The van der Waals surface area contributed by atoms with E-state index in [4.69, 9.17) is 4.74 Å². The van der Waals surface area contributed by atoms with Crippen LogP contribution in [0.1, 0.15) is 41.9 Å². The molecule has 166 valence electrons. The number of carbonyl (C=O) groups excluding carboxylic acids is 2. The number of thioether (sulfide) groups is 1. The highest BCUT2D eigenvalue weighted by Crippen LogP contribution is 2.40. The van der Waals surface area contributed by atoms with Crippen LogP contribution >= 0.6 is 11.8 Å². The highest BCUT2D eigenvalue weighted by atomic mass is 32.2. The number of hydrogen-bond donors (Lipinski definition) is 2. The van der Waals surface area contributed by atoms with E-state index >= 15 is 0 Å². The molecule has 0 saturated heterocycles. The van der Waals surface area contributed by atoms with E-state index in [9.17, 15) is 9.59 Å². The lowest BCUT2D eigenvalue weighted by molar-refractivity contribution is -0.113. The Bertz CT molecular complexity index is 1110. The van der Waals surface area contributed by atoms with Gasteiger partial charge in [0.1, 0.15) is 11.6 Å². The van der Waals surface area contributed by atoms with Gasteiger partial charge in [0.15, 0.2) is 5.16 Å². The molecule has 1 aliphatic carbocycles. The molecule has 1 heterocycles. The largest absolute Gasteiger partial charge is 0.497 e. The topological polar surface area (TPSA) is 98.1 Å². The van der Waals surface area contributed by atoms with Crippen molar-refractivity contribution in [3.63, 3.8) is 0 Å². The minimum atomic E-state index is -0.307. The average molecular weight is 452 g/mol. The highest BCUT2D eigenvalue weighted by Gasteiger charge is 2.30. The molecular formula is C23H25N5O3S. The number of anilines is 2. The Kier molecular flexibility index (Phi) is 6.75. The standard InChI is InChI=1S/C23H25N5O3S/c1-3-28-21(15-8-9-15)26-27-23(28)32-14-20(29)25-19-7-5-4-6-18(19)22(30)24-16-10-12-17(31-2)13-11-16/h4-7,10-13,15H,3,8-9,14H2,1-2H3,(H,24,30)(H,25,29). The van der Waals surface area contributed by atoms with Crippen molar-refractivity contribution in [2.45, 2.75) is 37.4 Å². The molecule has 0 atom stereocenters. The van der Waals surface area contributed by atoms with Crippen LogP contribution in [0.3, 0.4) is 0 Å². The van der Waals surface area contributed by atoms with Crippen LogP contribution in [0.5, 0.6) is 5.75 Å². The van der Waals surface area contributed by atoms with Gasteiger partial charge in [0, 0.05) is 18.2 Å². The Morgan fingerprint density at radius 2 is 1.84 bits per heavy atom. The van der Waals surface area contributed by atoms with Crippen LogP contribution in [0.2, 0.25) is 0 Å². The van der Waals surface area contributed by atoms with Gasteiger partial charge in [0.2, 0.25) is 5.91 Å². The van der Waals surface area contributed by atoms with E-state index in [1.807, 2.05) is 0 Å². The van der Waals surface area contributed by atoms with Crippen LogP contribution in [0, 0.1) is 0 Å². The van der Waals surface area contributed by atoms with E-state index in [1.54, 1.807) is 55.6 Å². The molecule has 1 saturated carbocycles. The monoisotopic (exact) mass is 451 g/mol. The summed E-state index contributed by atoms with van der Waals surface area (Å²) in [5, 5.41) is 15.0. The summed E-state index contributed by atoms with van der Waals surface area (Å²) in [4.78, 5) is 25.4. The minimum absolute atomic E-state index is 0.178. The second-order valence-electron chi connectivity index (χ2n) is 7.42. The second kappa shape index (κ2) is 9.86. The van der Waals surface area contributed by atoms with Gasteiger partial charge in [-0.1, -0.05) is 23.9 Å². The first-order valence-electron chi connectivity index (χ1n) is 10.5. The van der Waals surface area contributed by atoms with Crippen molar-refractivity contribution in [2.75, 3.05) is 23.5 Å². The maximum absolute atomic E-state index is 12.8. The van der Waals surface area contributed by atoms with Gasteiger partial charge >= 0.3 is 0 Å². The predicted octanol–water partition coefficient (Wildman–Crippen LogP) is 4.17. The lowest BCUT2D eigenvalue weighted by atomic mass is 10.1. The van der Waals surface area contributed by atoms with Gasteiger partial charge in [-0.15, -0.1) is 10.2 Å². The molecule has 4 rings (SSSR count). The predicted molar refractivity (Wildman–Crippen MR) is 124 cm³/mol. The van der Waals surface area contributed by atoms with E-state index in [1.165, 1.54) is 11.8 Å². The Labute approximate surface area is 190 Å². The third kappa shape index (κ3) is 5.11. The lowest BCUT2D eigenvalue weighted by Gasteiger charge is -2.12. The van der Waals surface area contributed by atoms with Gasteiger partial charge in [-0.3, -0.25) is 9.59 Å². The van der Waals surface area contributed by atoms with E-state index in [-0.39, 0.29) is 17.6 Å². The third-order valence-electron chi connectivity index (χ3n) is 5.13. The Morgan fingerprint density at radius 3 is 2.53 bits per heavy atom. The van der Waals surface area contributed by atoms with Gasteiger partial charge < -0.3 is 19.9 Å². The van der Waals surface area contributed by atoms with Crippen molar-refractivity contribution in [3.05, 3.63) is 59.9 Å². The molecule has 0 radical (unpaired) electrons. The van der Waals surface area contributed by atoms with Crippen LogP contribution in [-0.4, -0.2) is 39.4 Å². The molecule has 0 aliphatic heterocycles. The Morgan fingerprint density at radius 1 is 1.09 bits per heavy atom. The van der Waals surface area contributed by atoms with Crippen molar-refractivity contribution < 1.29 is 14.3 Å². The molecule has 3 aromatic rings. The summed E-state index contributed by atoms with van der Waals surface area (Å²) in [7, 11) is 1.59. The summed E-state index contributed by atoms with van der Waals surface area (Å²) >= 11 is 1.35. The summed E-state index contributed by atoms with van der Waals surface area (Å²) in [6, 6.07) is 14.0. The zero-order chi connectivity index (χ0) is 22.5. The highest BCUT2D eigenvalue weighted by molar-refractivity contribution is 7.99. The van der Waals surface area contributed by atoms with Crippen molar-refractivity contribution >= 4 is 35.0 Å². The Hall–Kier alpha value is -3.33. The molecule has 0 bridgehead atoms. The number of aromatic nitrogens is 3. The number of ether oxygens (including phenoxy) is 1. The SMILES string of the molecule is CCn1c(SCC(=O)Nc2ccccc2C(=O)Nc2ccc(OC)cc2)nnc1C1CC1. The molecule has 32 heavy (non-hydrogen) atoms. The maximum Gasteiger partial charge on any atom is 0.257 e. The van der Waals surface area contributed by atoms with Gasteiger partial charge in [-0.25, -0.2) is 0 Å². The summed E-state index contributed by atoms with van der Waals surface area (Å²) in [6.45, 7) is 2.83. The molecule has 2 N–H and O–H groups in total. The number of rotatable bonds is 9. The fourth-order valence-corrected chi connectivity index (χ4v) is 4.14. The lowest BCUT2D eigenvalue weighted by Crippen LogP contribution is -2.19. The zero-order valence-corrected chi connectivity index (χ0v) is 18.8. The molecule has 0 spiro atoms. The van der Waals surface area contributed by atoms with Gasteiger partial charge in [-0.2, -0.15) is 0 Å². The van der Waals surface area contributed by atoms with Crippen LogP contribution in [0.4, 0.5) is 11.4 Å². The average Bonchev–Trinajstić information content (AvgIpc) is 3.57. The Balaban J connectivity index is 1.39. The van der Waals surface area contributed by atoms with E-state index in [0.717, 1.165) is 30.4 Å². The summed E-state index contributed by atoms with van der Waals surface area (Å²) in [5.41, 5.74) is 1.48. The molecule has 1 fully saturated rings. The van der Waals surface area contributed by atoms with Crippen LogP contribution in [0.15, 0.2) is 53.7 Å².